The number of benzene rings is 2. The molecule has 1 amide bonds. The molecule has 2 aromatic rings. The number of halogens is 2. The van der Waals surface area contributed by atoms with Gasteiger partial charge in [-0.15, -0.1) is 0 Å². The Morgan fingerprint density at radius 3 is 2.17 bits per heavy atom. The van der Waals surface area contributed by atoms with E-state index < -0.39 is 6.04 Å². The topological polar surface area (TPSA) is 58.4 Å². The Kier molecular flexibility index (Phi) is 6.35. The van der Waals surface area contributed by atoms with Crippen LogP contribution in [0, 0.1) is 0 Å². The van der Waals surface area contributed by atoms with Crippen LogP contribution in [0.3, 0.4) is 0 Å². The first-order valence-electron chi connectivity index (χ1n) is 7.82. The van der Waals surface area contributed by atoms with Crippen molar-refractivity contribution in [3.8, 4) is 0 Å². The minimum absolute atomic E-state index is 0.00438. The Hall–Kier alpha value is -1.91. The molecule has 24 heavy (non-hydrogen) atoms. The van der Waals surface area contributed by atoms with Gasteiger partial charge in [0.2, 0.25) is 5.91 Å². The second-order valence-corrected chi connectivity index (χ2v) is 6.17. The van der Waals surface area contributed by atoms with Crippen LogP contribution in [0.2, 0.25) is 10.0 Å². The highest BCUT2D eigenvalue weighted by atomic mass is 35.5. The van der Waals surface area contributed by atoms with E-state index in [-0.39, 0.29) is 5.91 Å². The van der Waals surface area contributed by atoms with E-state index in [4.69, 9.17) is 28.9 Å². The van der Waals surface area contributed by atoms with Gasteiger partial charge in [0, 0.05) is 18.8 Å². The zero-order valence-corrected chi connectivity index (χ0v) is 15.2. The van der Waals surface area contributed by atoms with Crippen molar-refractivity contribution in [3.63, 3.8) is 0 Å². The van der Waals surface area contributed by atoms with Crippen molar-refractivity contribution in [2.45, 2.75) is 19.9 Å². The van der Waals surface area contributed by atoms with Crippen LogP contribution in [-0.2, 0) is 4.79 Å². The van der Waals surface area contributed by atoms with Gasteiger partial charge in [-0.05, 0) is 31.5 Å². The van der Waals surface area contributed by atoms with Crippen LogP contribution in [-0.4, -0.2) is 23.9 Å². The van der Waals surface area contributed by atoms with Gasteiger partial charge in [-0.25, -0.2) is 0 Å². The summed E-state index contributed by atoms with van der Waals surface area (Å²) >= 11 is 12.2. The van der Waals surface area contributed by atoms with Crippen LogP contribution < -0.4 is 11.1 Å². The van der Waals surface area contributed by atoms with E-state index in [1.54, 1.807) is 17.0 Å². The average Bonchev–Trinajstić information content (AvgIpc) is 2.59. The summed E-state index contributed by atoms with van der Waals surface area (Å²) in [4.78, 5) is 14.7. The van der Waals surface area contributed by atoms with Crippen molar-refractivity contribution in [1.82, 2.24) is 4.90 Å². The average molecular weight is 366 g/mol. The van der Waals surface area contributed by atoms with Crippen molar-refractivity contribution in [2.75, 3.05) is 24.1 Å². The first kappa shape index (κ1) is 18.4. The maximum atomic E-state index is 12.9. The molecule has 2 aromatic carbocycles. The van der Waals surface area contributed by atoms with Gasteiger partial charge in [0.05, 0.1) is 15.7 Å². The molecule has 4 nitrogen and oxygen atoms in total. The SMILES string of the molecule is CCN(CC)C(=O)C(Nc1cc(Cl)c(N)c(Cl)c1)c1ccccc1. The predicted octanol–water partition coefficient (Wildman–Crippen LogP) is 4.60. The summed E-state index contributed by atoms with van der Waals surface area (Å²) in [7, 11) is 0. The molecule has 3 N–H and O–H groups in total. The third kappa shape index (κ3) is 4.13. The van der Waals surface area contributed by atoms with E-state index in [0.29, 0.717) is 34.5 Å². The number of hydrogen-bond acceptors (Lipinski definition) is 3. The first-order valence-corrected chi connectivity index (χ1v) is 8.58. The molecule has 0 saturated carbocycles. The molecular formula is C18H21Cl2N3O. The number of nitrogens with zero attached hydrogens (tertiary/aromatic N) is 1. The van der Waals surface area contributed by atoms with Crippen molar-refractivity contribution in [1.29, 1.82) is 0 Å². The van der Waals surface area contributed by atoms with Crippen molar-refractivity contribution in [2.24, 2.45) is 0 Å². The van der Waals surface area contributed by atoms with Gasteiger partial charge in [-0.1, -0.05) is 53.5 Å². The third-order valence-electron chi connectivity index (χ3n) is 3.85. The molecular weight excluding hydrogens is 345 g/mol. The van der Waals surface area contributed by atoms with Gasteiger partial charge in [-0.3, -0.25) is 4.79 Å². The van der Waals surface area contributed by atoms with E-state index in [0.717, 1.165) is 5.56 Å². The molecule has 1 atom stereocenters. The van der Waals surface area contributed by atoms with Gasteiger partial charge >= 0.3 is 0 Å². The maximum absolute atomic E-state index is 12.9. The van der Waals surface area contributed by atoms with Gasteiger partial charge in [-0.2, -0.15) is 0 Å². The summed E-state index contributed by atoms with van der Waals surface area (Å²) in [6.45, 7) is 5.20. The number of nitrogens with one attached hydrogen (secondary N) is 1. The van der Waals surface area contributed by atoms with E-state index in [1.807, 2.05) is 44.2 Å². The molecule has 0 aliphatic rings. The minimum Gasteiger partial charge on any atom is -0.396 e. The second-order valence-electron chi connectivity index (χ2n) is 5.35. The quantitative estimate of drug-likeness (QED) is 0.735. The lowest BCUT2D eigenvalue weighted by molar-refractivity contribution is -0.131. The summed E-state index contributed by atoms with van der Waals surface area (Å²) in [5.41, 5.74) is 7.63. The number of likely N-dealkylation sites (N-methyl/N-ethyl adjacent to an activating group) is 1. The van der Waals surface area contributed by atoms with Gasteiger partial charge in [0.1, 0.15) is 6.04 Å². The maximum Gasteiger partial charge on any atom is 0.249 e. The lowest BCUT2D eigenvalue weighted by Gasteiger charge is -2.27. The fourth-order valence-corrected chi connectivity index (χ4v) is 2.97. The Morgan fingerprint density at radius 1 is 1.12 bits per heavy atom. The molecule has 0 radical (unpaired) electrons. The highest BCUT2D eigenvalue weighted by Gasteiger charge is 2.24. The fourth-order valence-electron chi connectivity index (χ4n) is 2.49. The lowest BCUT2D eigenvalue weighted by Crippen LogP contribution is -2.37. The minimum atomic E-state index is -0.526. The number of nitrogens with two attached hydrogens (primary N) is 1. The molecule has 0 saturated heterocycles. The molecule has 0 spiro atoms. The molecule has 6 heteroatoms. The normalized spacial score (nSPS) is 11.8. The Balaban J connectivity index is 2.38. The van der Waals surface area contributed by atoms with Crippen LogP contribution in [0.1, 0.15) is 25.5 Å². The van der Waals surface area contributed by atoms with E-state index in [9.17, 15) is 4.79 Å². The molecule has 0 aliphatic carbocycles. The predicted molar refractivity (Wildman–Crippen MR) is 102 cm³/mol. The lowest BCUT2D eigenvalue weighted by atomic mass is 10.0. The van der Waals surface area contributed by atoms with Gasteiger partial charge in [0.15, 0.2) is 0 Å². The van der Waals surface area contributed by atoms with Crippen molar-refractivity contribution < 1.29 is 4.79 Å². The fraction of sp³-hybridized carbons (Fsp3) is 0.278. The van der Waals surface area contributed by atoms with Crippen LogP contribution in [0.4, 0.5) is 11.4 Å². The molecule has 2 rings (SSSR count). The van der Waals surface area contributed by atoms with Crippen LogP contribution in [0.15, 0.2) is 42.5 Å². The van der Waals surface area contributed by atoms with E-state index in [2.05, 4.69) is 5.32 Å². The summed E-state index contributed by atoms with van der Waals surface area (Å²) in [5.74, 6) is -0.00438. The van der Waals surface area contributed by atoms with Crippen LogP contribution in [0.25, 0.3) is 0 Å². The van der Waals surface area contributed by atoms with Crippen molar-refractivity contribution in [3.05, 3.63) is 58.1 Å². The number of anilines is 2. The number of carbonyl (C=O) groups is 1. The Labute approximate surface area is 152 Å². The van der Waals surface area contributed by atoms with Gasteiger partial charge in [0.25, 0.3) is 0 Å². The van der Waals surface area contributed by atoms with Crippen molar-refractivity contribution >= 4 is 40.5 Å². The summed E-state index contributed by atoms with van der Waals surface area (Å²) in [6, 6.07) is 12.4. The molecule has 0 fully saturated rings. The highest BCUT2D eigenvalue weighted by Crippen LogP contribution is 2.33. The van der Waals surface area contributed by atoms with Gasteiger partial charge < -0.3 is 16.0 Å². The molecule has 1 unspecified atom stereocenters. The summed E-state index contributed by atoms with van der Waals surface area (Å²) < 4.78 is 0. The number of hydrogen-bond donors (Lipinski definition) is 2. The van der Waals surface area contributed by atoms with Crippen LogP contribution >= 0.6 is 23.2 Å². The van der Waals surface area contributed by atoms with Crippen LogP contribution in [0.5, 0.6) is 0 Å². The third-order valence-corrected chi connectivity index (χ3v) is 4.47. The Morgan fingerprint density at radius 2 is 1.67 bits per heavy atom. The second kappa shape index (κ2) is 8.27. The number of carbonyl (C=O) groups excluding carboxylic acids is 1. The summed E-state index contributed by atoms with van der Waals surface area (Å²) in [5, 5.41) is 3.94. The zero-order chi connectivity index (χ0) is 17.7. The molecule has 128 valence electrons. The standard InChI is InChI=1S/C18H21Cl2N3O/c1-3-23(4-2)18(24)17(12-8-6-5-7-9-12)22-13-10-14(19)16(21)15(20)11-13/h5-11,17,22H,3-4,21H2,1-2H3. The zero-order valence-electron chi connectivity index (χ0n) is 13.7. The van der Waals surface area contributed by atoms with E-state index in [1.165, 1.54) is 0 Å². The first-order chi connectivity index (χ1) is 11.5. The monoisotopic (exact) mass is 365 g/mol. The smallest absolute Gasteiger partial charge is 0.249 e. The molecule has 0 aromatic heterocycles. The summed E-state index contributed by atoms with van der Waals surface area (Å²) in [6.07, 6.45) is 0. The molecule has 0 heterocycles. The number of amides is 1. The number of nitrogen functional groups attached to an aromatic ring is 1. The largest absolute Gasteiger partial charge is 0.396 e. The Bertz CT molecular complexity index is 680. The number of rotatable bonds is 6. The molecule has 0 aliphatic heterocycles. The van der Waals surface area contributed by atoms with E-state index >= 15 is 0 Å². The molecule has 0 bridgehead atoms. The highest BCUT2D eigenvalue weighted by molar-refractivity contribution is 6.39.